The number of aryl methyl sites for hydroxylation is 1. The van der Waals surface area contributed by atoms with Crippen LogP contribution in [0.3, 0.4) is 0 Å². The number of benzene rings is 1. The maximum Gasteiger partial charge on any atom is 0.326 e. The van der Waals surface area contributed by atoms with Gasteiger partial charge in [0.25, 0.3) is 0 Å². The quantitative estimate of drug-likeness (QED) is 0.823. The van der Waals surface area contributed by atoms with Crippen molar-refractivity contribution in [1.82, 2.24) is 0 Å². The summed E-state index contributed by atoms with van der Waals surface area (Å²) in [5, 5.41) is 9.26. The maximum absolute atomic E-state index is 11.3. The molecule has 0 amide bonds. The molecule has 1 N–H and O–H groups in total. The molecule has 3 nitrogen and oxygen atoms in total. The lowest BCUT2D eigenvalue weighted by atomic mass is 10.1. The summed E-state index contributed by atoms with van der Waals surface area (Å²) in [4.78, 5) is 13.2. The number of carboxylic acid groups (broad SMARTS) is 1. The molecule has 0 heterocycles. The van der Waals surface area contributed by atoms with E-state index in [2.05, 4.69) is 6.92 Å². The van der Waals surface area contributed by atoms with E-state index < -0.39 is 12.0 Å². The molecule has 0 aliphatic carbocycles. The van der Waals surface area contributed by atoms with Crippen molar-refractivity contribution in [2.45, 2.75) is 39.7 Å². The summed E-state index contributed by atoms with van der Waals surface area (Å²) in [6.07, 6.45) is 1.56. The molecule has 17 heavy (non-hydrogen) atoms. The molecule has 0 aromatic heterocycles. The molecule has 1 aromatic carbocycles. The van der Waals surface area contributed by atoms with E-state index >= 15 is 0 Å². The summed E-state index contributed by atoms with van der Waals surface area (Å²) in [5.74, 6) is -0.748. The number of rotatable bonds is 6. The highest BCUT2D eigenvalue weighted by Gasteiger charge is 2.23. The molecule has 0 aliphatic heterocycles. The van der Waals surface area contributed by atoms with E-state index in [0.29, 0.717) is 6.42 Å². The first kappa shape index (κ1) is 13.6. The summed E-state index contributed by atoms with van der Waals surface area (Å²) < 4.78 is 0. The van der Waals surface area contributed by atoms with Gasteiger partial charge in [0.1, 0.15) is 6.04 Å². The van der Waals surface area contributed by atoms with Crippen molar-refractivity contribution in [3.63, 3.8) is 0 Å². The molecular weight excluding hydrogens is 214 g/mol. The van der Waals surface area contributed by atoms with E-state index in [1.165, 1.54) is 0 Å². The van der Waals surface area contributed by atoms with Gasteiger partial charge in [-0.25, -0.2) is 4.79 Å². The van der Waals surface area contributed by atoms with Gasteiger partial charge in [-0.05, 0) is 37.5 Å². The number of nitrogens with zero attached hydrogens (tertiary/aromatic N) is 1. The molecule has 0 spiro atoms. The normalized spacial score (nSPS) is 12.2. The van der Waals surface area contributed by atoms with Crippen molar-refractivity contribution in [3.05, 3.63) is 29.8 Å². The predicted molar refractivity (Wildman–Crippen MR) is 70.5 cm³/mol. The average molecular weight is 235 g/mol. The van der Waals surface area contributed by atoms with Gasteiger partial charge >= 0.3 is 5.97 Å². The molecule has 1 rings (SSSR count). The van der Waals surface area contributed by atoms with E-state index in [4.69, 9.17) is 0 Å². The Balaban J connectivity index is 3.03. The number of carboxylic acids is 1. The van der Waals surface area contributed by atoms with Crippen molar-refractivity contribution < 1.29 is 9.90 Å². The van der Waals surface area contributed by atoms with Crippen LogP contribution in [0.25, 0.3) is 0 Å². The largest absolute Gasteiger partial charge is 0.480 e. The van der Waals surface area contributed by atoms with Gasteiger partial charge in [-0.2, -0.15) is 0 Å². The lowest BCUT2D eigenvalue weighted by Gasteiger charge is -2.30. The topological polar surface area (TPSA) is 40.5 Å². The fourth-order valence-electron chi connectivity index (χ4n) is 2.04. The number of anilines is 1. The minimum absolute atomic E-state index is 0.434. The molecule has 0 radical (unpaired) electrons. The number of aliphatic carboxylic acids is 1. The number of hydrogen-bond donors (Lipinski definition) is 1. The zero-order valence-electron chi connectivity index (χ0n) is 10.8. The molecular formula is C14H21NO2. The highest BCUT2D eigenvalue weighted by atomic mass is 16.4. The van der Waals surface area contributed by atoms with Crippen LogP contribution in [0.4, 0.5) is 5.69 Å². The Morgan fingerprint density at radius 2 is 2.12 bits per heavy atom. The second-order valence-electron chi connectivity index (χ2n) is 4.29. The highest BCUT2D eigenvalue weighted by Crippen LogP contribution is 2.20. The average Bonchev–Trinajstić information content (AvgIpc) is 2.28. The smallest absolute Gasteiger partial charge is 0.326 e. The second kappa shape index (κ2) is 6.28. The van der Waals surface area contributed by atoms with Crippen molar-refractivity contribution in [2.24, 2.45) is 0 Å². The van der Waals surface area contributed by atoms with Gasteiger partial charge in [-0.1, -0.05) is 26.0 Å². The van der Waals surface area contributed by atoms with Crippen LogP contribution in [0.1, 0.15) is 32.3 Å². The van der Waals surface area contributed by atoms with Gasteiger partial charge < -0.3 is 10.0 Å². The van der Waals surface area contributed by atoms with E-state index in [1.54, 1.807) is 0 Å². The lowest BCUT2D eigenvalue weighted by Crippen LogP contribution is -2.41. The van der Waals surface area contributed by atoms with Gasteiger partial charge in [-0.3, -0.25) is 0 Å². The Kier molecular flexibility index (Phi) is 5.01. The van der Waals surface area contributed by atoms with Crippen LogP contribution in [-0.2, 0) is 4.79 Å². The van der Waals surface area contributed by atoms with Crippen LogP contribution in [0, 0.1) is 6.92 Å². The van der Waals surface area contributed by atoms with E-state index in [0.717, 1.165) is 24.2 Å². The van der Waals surface area contributed by atoms with Gasteiger partial charge in [-0.15, -0.1) is 0 Å². The van der Waals surface area contributed by atoms with Gasteiger partial charge in [0, 0.05) is 12.2 Å². The highest BCUT2D eigenvalue weighted by molar-refractivity contribution is 5.78. The van der Waals surface area contributed by atoms with Crippen molar-refractivity contribution in [3.8, 4) is 0 Å². The lowest BCUT2D eigenvalue weighted by molar-refractivity contribution is -0.138. The summed E-state index contributed by atoms with van der Waals surface area (Å²) in [5.41, 5.74) is 2.16. The van der Waals surface area contributed by atoms with Gasteiger partial charge in [0.05, 0.1) is 0 Å². The molecule has 3 heteroatoms. The first-order valence-electron chi connectivity index (χ1n) is 6.16. The molecule has 0 saturated carbocycles. The Morgan fingerprint density at radius 1 is 1.41 bits per heavy atom. The standard InChI is InChI=1S/C14H21NO2/c1-4-9-15(13(5-2)14(16)17)12-8-6-7-11(3)10-12/h6-8,10,13H,4-5,9H2,1-3H3,(H,16,17)/t13-/m0/s1. The van der Waals surface area contributed by atoms with E-state index in [1.807, 2.05) is 43.0 Å². The molecule has 94 valence electrons. The van der Waals surface area contributed by atoms with Crippen molar-refractivity contribution >= 4 is 11.7 Å². The zero-order chi connectivity index (χ0) is 12.8. The molecule has 0 fully saturated rings. The van der Waals surface area contributed by atoms with Crippen LogP contribution in [-0.4, -0.2) is 23.7 Å². The minimum atomic E-state index is -0.748. The molecule has 1 aromatic rings. The Bertz CT molecular complexity index is 376. The van der Waals surface area contributed by atoms with Gasteiger partial charge in [0.2, 0.25) is 0 Å². The third kappa shape index (κ3) is 3.48. The van der Waals surface area contributed by atoms with Crippen molar-refractivity contribution in [2.75, 3.05) is 11.4 Å². The van der Waals surface area contributed by atoms with Crippen LogP contribution < -0.4 is 4.90 Å². The van der Waals surface area contributed by atoms with Crippen LogP contribution in [0.5, 0.6) is 0 Å². The Morgan fingerprint density at radius 3 is 2.59 bits per heavy atom. The summed E-state index contributed by atoms with van der Waals surface area (Å²) in [7, 11) is 0. The fourth-order valence-corrected chi connectivity index (χ4v) is 2.04. The molecule has 0 aliphatic rings. The number of hydrogen-bond acceptors (Lipinski definition) is 2. The Labute approximate surface area is 103 Å². The third-order valence-electron chi connectivity index (χ3n) is 2.85. The molecule has 1 atom stereocenters. The zero-order valence-corrected chi connectivity index (χ0v) is 10.8. The number of carbonyl (C=O) groups is 1. The van der Waals surface area contributed by atoms with Crippen LogP contribution in [0.15, 0.2) is 24.3 Å². The maximum atomic E-state index is 11.3. The molecule has 0 unspecified atom stereocenters. The van der Waals surface area contributed by atoms with E-state index in [9.17, 15) is 9.90 Å². The summed E-state index contributed by atoms with van der Waals surface area (Å²) >= 11 is 0. The fraction of sp³-hybridized carbons (Fsp3) is 0.500. The first-order chi connectivity index (χ1) is 8.10. The molecule has 0 bridgehead atoms. The van der Waals surface area contributed by atoms with Crippen LogP contribution >= 0.6 is 0 Å². The third-order valence-corrected chi connectivity index (χ3v) is 2.85. The minimum Gasteiger partial charge on any atom is -0.480 e. The Hall–Kier alpha value is -1.51. The monoisotopic (exact) mass is 235 g/mol. The summed E-state index contributed by atoms with van der Waals surface area (Å²) in [6, 6.07) is 7.59. The van der Waals surface area contributed by atoms with Crippen LogP contribution in [0.2, 0.25) is 0 Å². The van der Waals surface area contributed by atoms with Gasteiger partial charge in [0.15, 0.2) is 0 Å². The van der Waals surface area contributed by atoms with Crippen molar-refractivity contribution in [1.29, 1.82) is 0 Å². The second-order valence-corrected chi connectivity index (χ2v) is 4.29. The SMILES string of the molecule is CCCN(c1cccc(C)c1)[C@@H](CC)C(=O)O. The van der Waals surface area contributed by atoms with E-state index in [-0.39, 0.29) is 0 Å². The summed E-state index contributed by atoms with van der Waals surface area (Å²) in [6.45, 7) is 6.78. The predicted octanol–water partition coefficient (Wildman–Crippen LogP) is 3.07. The molecule has 0 saturated heterocycles. The first-order valence-corrected chi connectivity index (χ1v) is 6.16.